The van der Waals surface area contributed by atoms with Crippen LogP contribution in [0.3, 0.4) is 0 Å². The average molecular weight is 269 g/mol. The van der Waals surface area contributed by atoms with E-state index >= 15 is 0 Å². The summed E-state index contributed by atoms with van der Waals surface area (Å²) in [6, 6.07) is 7.95. The van der Waals surface area contributed by atoms with Gasteiger partial charge in [0.15, 0.2) is 0 Å². The lowest BCUT2D eigenvalue weighted by molar-refractivity contribution is 0.404. The Balaban J connectivity index is 2.86. The summed E-state index contributed by atoms with van der Waals surface area (Å²) in [7, 11) is 2.73. The molecule has 3 nitrogen and oxygen atoms in total. The fourth-order valence-corrected chi connectivity index (χ4v) is 3.17. The third-order valence-corrected chi connectivity index (χ3v) is 5.11. The Morgan fingerprint density at radius 1 is 1.39 bits per heavy atom. The molecule has 0 bridgehead atoms. The van der Waals surface area contributed by atoms with Gasteiger partial charge < -0.3 is 10.1 Å². The van der Waals surface area contributed by atoms with Crippen molar-refractivity contribution in [3.8, 4) is 5.75 Å². The zero-order chi connectivity index (χ0) is 13.5. The van der Waals surface area contributed by atoms with Gasteiger partial charge in [0.05, 0.1) is 7.11 Å². The molecule has 3 atom stereocenters. The monoisotopic (exact) mass is 269 g/mol. The lowest BCUT2D eigenvalue weighted by Gasteiger charge is -2.20. The Morgan fingerprint density at radius 3 is 2.61 bits per heavy atom. The molecule has 0 aliphatic heterocycles. The van der Waals surface area contributed by atoms with E-state index in [0.717, 1.165) is 17.7 Å². The molecule has 0 radical (unpaired) electrons. The third kappa shape index (κ3) is 3.82. The number of para-hydroxylation sites is 1. The van der Waals surface area contributed by atoms with Crippen molar-refractivity contribution in [2.24, 2.45) is 0 Å². The molecule has 0 aliphatic carbocycles. The summed E-state index contributed by atoms with van der Waals surface area (Å²) in [5, 5.41) is 3.46. The SMILES string of the molecule is CCC(C)S(=O)CC(NC)c1ccccc1OC. The maximum Gasteiger partial charge on any atom is 0.123 e. The molecule has 0 aliphatic rings. The lowest BCUT2D eigenvalue weighted by atomic mass is 10.1. The molecule has 18 heavy (non-hydrogen) atoms. The largest absolute Gasteiger partial charge is 0.496 e. The van der Waals surface area contributed by atoms with E-state index in [4.69, 9.17) is 4.74 Å². The number of benzene rings is 1. The highest BCUT2D eigenvalue weighted by Gasteiger charge is 2.19. The Morgan fingerprint density at radius 2 is 2.06 bits per heavy atom. The number of ether oxygens (including phenoxy) is 1. The summed E-state index contributed by atoms with van der Waals surface area (Å²) in [5.74, 6) is 1.46. The Hall–Kier alpha value is -0.870. The van der Waals surface area contributed by atoms with E-state index in [2.05, 4.69) is 12.2 Å². The van der Waals surface area contributed by atoms with Crippen molar-refractivity contribution in [1.82, 2.24) is 5.32 Å². The Bertz CT molecular complexity index is 395. The number of hydrogen-bond donors (Lipinski definition) is 1. The molecule has 4 heteroatoms. The van der Waals surface area contributed by atoms with Crippen LogP contribution in [0.25, 0.3) is 0 Å². The normalized spacial score (nSPS) is 16.0. The van der Waals surface area contributed by atoms with E-state index in [0.29, 0.717) is 5.75 Å². The molecule has 0 heterocycles. The van der Waals surface area contributed by atoms with Gasteiger partial charge in [-0.2, -0.15) is 0 Å². The van der Waals surface area contributed by atoms with Crippen LogP contribution in [0.1, 0.15) is 31.9 Å². The molecule has 3 unspecified atom stereocenters. The van der Waals surface area contributed by atoms with Crippen LogP contribution in [0, 0.1) is 0 Å². The first-order chi connectivity index (χ1) is 8.63. The van der Waals surface area contributed by atoms with Crippen LogP contribution in [0.15, 0.2) is 24.3 Å². The lowest BCUT2D eigenvalue weighted by Crippen LogP contribution is -2.26. The molecule has 0 saturated heterocycles. The summed E-state index contributed by atoms with van der Waals surface area (Å²) < 4.78 is 17.5. The fourth-order valence-electron chi connectivity index (χ4n) is 1.80. The van der Waals surface area contributed by atoms with E-state index in [1.807, 2.05) is 38.2 Å². The molecule has 102 valence electrons. The minimum Gasteiger partial charge on any atom is -0.496 e. The van der Waals surface area contributed by atoms with E-state index in [-0.39, 0.29) is 11.3 Å². The van der Waals surface area contributed by atoms with Gasteiger partial charge in [0.1, 0.15) is 5.75 Å². The van der Waals surface area contributed by atoms with Crippen LogP contribution < -0.4 is 10.1 Å². The molecule has 0 spiro atoms. The van der Waals surface area contributed by atoms with E-state index in [1.165, 1.54) is 0 Å². The smallest absolute Gasteiger partial charge is 0.123 e. The number of methoxy groups -OCH3 is 1. The predicted octanol–water partition coefficient (Wildman–Crippen LogP) is 2.50. The zero-order valence-corrected chi connectivity index (χ0v) is 12.4. The molecule has 1 rings (SSSR count). The highest BCUT2D eigenvalue weighted by molar-refractivity contribution is 7.85. The molecule has 1 aromatic carbocycles. The molecule has 1 aromatic rings. The molecule has 0 fully saturated rings. The van der Waals surface area contributed by atoms with Gasteiger partial charge in [-0.3, -0.25) is 4.21 Å². The Kier molecular flexibility index (Phi) is 6.36. The van der Waals surface area contributed by atoms with Crippen molar-refractivity contribution in [2.45, 2.75) is 31.6 Å². The van der Waals surface area contributed by atoms with Crippen LogP contribution in [0.4, 0.5) is 0 Å². The summed E-state index contributed by atoms with van der Waals surface area (Å²) >= 11 is 0. The topological polar surface area (TPSA) is 38.3 Å². The highest BCUT2D eigenvalue weighted by atomic mass is 32.2. The minimum atomic E-state index is -0.824. The van der Waals surface area contributed by atoms with Crippen LogP contribution in [-0.4, -0.2) is 29.4 Å². The maximum atomic E-state index is 12.1. The molecular formula is C14H23NO2S. The van der Waals surface area contributed by atoms with Crippen molar-refractivity contribution in [2.75, 3.05) is 19.9 Å². The number of rotatable bonds is 7. The van der Waals surface area contributed by atoms with Crippen molar-refractivity contribution in [3.63, 3.8) is 0 Å². The van der Waals surface area contributed by atoms with Crippen LogP contribution in [0.5, 0.6) is 5.75 Å². The summed E-state index contributed by atoms with van der Waals surface area (Å²) in [6.45, 7) is 4.10. The van der Waals surface area contributed by atoms with Gasteiger partial charge in [-0.05, 0) is 19.5 Å². The fraction of sp³-hybridized carbons (Fsp3) is 0.571. The number of nitrogens with one attached hydrogen (secondary N) is 1. The first-order valence-corrected chi connectivity index (χ1v) is 7.69. The van der Waals surface area contributed by atoms with Crippen LogP contribution in [0.2, 0.25) is 0 Å². The van der Waals surface area contributed by atoms with Gasteiger partial charge in [0.2, 0.25) is 0 Å². The summed E-state index contributed by atoms with van der Waals surface area (Å²) in [6.07, 6.45) is 0.939. The van der Waals surface area contributed by atoms with Crippen LogP contribution in [-0.2, 0) is 10.8 Å². The predicted molar refractivity (Wildman–Crippen MR) is 77.6 cm³/mol. The summed E-state index contributed by atoms with van der Waals surface area (Å²) in [5.41, 5.74) is 1.07. The van der Waals surface area contributed by atoms with Crippen molar-refractivity contribution >= 4 is 10.8 Å². The molecule has 0 saturated carbocycles. The van der Waals surface area contributed by atoms with Crippen molar-refractivity contribution in [3.05, 3.63) is 29.8 Å². The molecule has 0 aromatic heterocycles. The summed E-state index contributed by atoms with van der Waals surface area (Å²) in [4.78, 5) is 0. The quantitative estimate of drug-likeness (QED) is 0.826. The maximum absolute atomic E-state index is 12.1. The standard InChI is InChI=1S/C14H23NO2S/c1-5-11(2)18(16)10-13(15-3)12-8-6-7-9-14(12)17-4/h6-9,11,13,15H,5,10H2,1-4H3. The first kappa shape index (κ1) is 15.2. The average Bonchev–Trinajstić information content (AvgIpc) is 2.43. The molecule has 1 N–H and O–H groups in total. The molecule has 0 amide bonds. The van der Waals surface area contributed by atoms with Crippen molar-refractivity contribution < 1.29 is 8.95 Å². The second-order valence-electron chi connectivity index (χ2n) is 4.35. The van der Waals surface area contributed by atoms with Gasteiger partial charge in [0, 0.05) is 33.4 Å². The number of hydrogen-bond acceptors (Lipinski definition) is 3. The Labute approximate surface area is 112 Å². The van der Waals surface area contributed by atoms with Gasteiger partial charge in [-0.1, -0.05) is 32.0 Å². The highest BCUT2D eigenvalue weighted by Crippen LogP contribution is 2.25. The van der Waals surface area contributed by atoms with Gasteiger partial charge >= 0.3 is 0 Å². The van der Waals surface area contributed by atoms with Gasteiger partial charge in [-0.15, -0.1) is 0 Å². The second kappa shape index (κ2) is 7.54. The second-order valence-corrected chi connectivity index (χ2v) is 6.25. The van der Waals surface area contributed by atoms with E-state index < -0.39 is 10.8 Å². The van der Waals surface area contributed by atoms with E-state index in [9.17, 15) is 4.21 Å². The minimum absolute atomic E-state index is 0.0657. The van der Waals surface area contributed by atoms with Gasteiger partial charge in [-0.25, -0.2) is 0 Å². The van der Waals surface area contributed by atoms with Gasteiger partial charge in [0.25, 0.3) is 0 Å². The zero-order valence-electron chi connectivity index (χ0n) is 11.6. The van der Waals surface area contributed by atoms with Crippen molar-refractivity contribution in [1.29, 1.82) is 0 Å². The van der Waals surface area contributed by atoms with E-state index in [1.54, 1.807) is 7.11 Å². The van der Waals surface area contributed by atoms with Crippen LogP contribution >= 0.6 is 0 Å². The molecular weight excluding hydrogens is 246 g/mol. The first-order valence-electron chi connectivity index (χ1n) is 6.31. The third-order valence-electron chi connectivity index (χ3n) is 3.22.